The van der Waals surface area contributed by atoms with Crippen molar-refractivity contribution >= 4 is 11.8 Å². The lowest BCUT2D eigenvalue weighted by atomic mass is 10.7. The van der Waals surface area contributed by atoms with Gasteiger partial charge in [-0.1, -0.05) is 0 Å². The summed E-state index contributed by atoms with van der Waals surface area (Å²) in [5.74, 6) is -0.0966. The summed E-state index contributed by atoms with van der Waals surface area (Å²) in [6.07, 6.45) is 1.31. The van der Waals surface area contributed by atoms with Gasteiger partial charge in [0.1, 0.15) is 0 Å². The Morgan fingerprint density at radius 2 is 2.67 bits per heavy atom. The predicted molar refractivity (Wildman–Crippen MR) is 27.4 cm³/mol. The van der Waals surface area contributed by atoms with Crippen molar-refractivity contribution in [3.63, 3.8) is 0 Å². The number of carbonyl (C=O) groups excluding carboxylic acids is 1. The van der Waals surface area contributed by atoms with E-state index in [1.54, 1.807) is 0 Å². The molecule has 0 aliphatic rings. The van der Waals surface area contributed by atoms with Crippen molar-refractivity contribution in [3.8, 4) is 0 Å². The maximum absolute atomic E-state index is 10.4. The Bertz CT molecular complexity index is 229. The van der Waals surface area contributed by atoms with Gasteiger partial charge < -0.3 is 5.73 Å². The minimum absolute atomic E-state index is 0.130. The van der Waals surface area contributed by atoms with E-state index < -0.39 is 0 Å². The molecule has 0 atom stereocenters. The van der Waals surface area contributed by atoms with Crippen LogP contribution in [-0.2, 0) is 0 Å². The molecule has 1 aromatic heterocycles. The van der Waals surface area contributed by atoms with E-state index in [-0.39, 0.29) is 11.8 Å². The molecule has 0 bridgehead atoms. The summed E-state index contributed by atoms with van der Waals surface area (Å²) in [4.78, 5) is 10.4. The highest BCUT2D eigenvalue weighted by Crippen LogP contribution is 1.88. The van der Waals surface area contributed by atoms with Crippen LogP contribution in [0.2, 0.25) is 0 Å². The van der Waals surface area contributed by atoms with E-state index in [0.29, 0.717) is 0 Å². The second-order valence-corrected chi connectivity index (χ2v) is 1.57. The van der Waals surface area contributed by atoms with Gasteiger partial charge >= 0.3 is 5.91 Å². The van der Waals surface area contributed by atoms with Gasteiger partial charge in [-0.3, -0.25) is 4.52 Å². The first-order chi connectivity index (χ1) is 4.20. The summed E-state index contributed by atoms with van der Waals surface area (Å²) >= 11 is 0. The van der Waals surface area contributed by atoms with Gasteiger partial charge in [0, 0.05) is 4.68 Å². The molecule has 0 aliphatic heterocycles. The van der Waals surface area contributed by atoms with Crippen LogP contribution in [0.3, 0.4) is 0 Å². The number of nitrogens with two attached hydrogens (primary N) is 1. The third-order valence-electron chi connectivity index (χ3n) is 0.806. The fourth-order valence-electron chi connectivity index (χ4n) is 0.407. The summed E-state index contributed by atoms with van der Waals surface area (Å²) in [5, 5.41) is 3.28. The van der Waals surface area contributed by atoms with Gasteiger partial charge in [-0.25, -0.2) is 4.79 Å². The third-order valence-corrected chi connectivity index (χ3v) is 0.806. The number of aromatic nitrogens is 2. The van der Waals surface area contributed by atoms with Crippen LogP contribution in [0.4, 0.5) is 5.88 Å². The lowest BCUT2D eigenvalue weighted by Gasteiger charge is -1.67. The quantitative estimate of drug-likeness (QED) is 0.464. The largest absolute Gasteiger partial charge is 0.416 e. The van der Waals surface area contributed by atoms with Crippen molar-refractivity contribution in [2.45, 2.75) is 6.92 Å². The first-order valence-corrected chi connectivity index (χ1v) is 2.35. The van der Waals surface area contributed by atoms with Crippen LogP contribution < -0.4 is 10.4 Å². The highest BCUT2D eigenvalue weighted by atomic mass is 16.5. The van der Waals surface area contributed by atoms with Crippen molar-refractivity contribution in [2.75, 3.05) is 5.73 Å². The Morgan fingerprint density at radius 3 is 2.89 bits per heavy atom. The van der Waals surface area contributed by atoms with Crippen LogP contribution in [0.15, 0.2) is 10.7 Å². The number of hydrogen-bond acceptors (Lipinski definition) is 4. The molecule has 0 spiro atoms. The van der Waals surface area contributed by atoms with Gasteiger partial charge in [0.25, 0.3) is 12.1 Å². The third kappa shape index (κ3) is 1.04. The average molecular weight is 128 g/mol. The molecule has 48 valence electrons. The zero-order valence-electron chi connectivity index (χ0n) is 4.87. The highest BCUT2D eigenvalue weighted by molar-refractivity contribution is 5.62. The van der Waals surface area contributed by atoms with Crippen molar-refractivity contribution in [3.05, 3.63) is 6.20 Å². The highest BCUT2D eigenvalue weighted by Gasteiger charge is 2.13. The number of nitrogens with zero attached hydrogens (tertiary/aromatic N) is 2. The summed E-state index contributed by atoms with van der Waals surface area (Å²) in [6, 6.07) is 0. The maximum atomic E-state index is 10.4. The zero-order chi connectivity index (χ0) is 6.85. The van der Waals surface area contributed by atoms with Crippen molar-refractivity contribution in [1.29, 1.82) is 0 Å². The Balaban J connectivity index is 2.98. The lowest BCUT2D eigenvalue weighted by molar-refractivity contribution is -0.647. The molecule has 5 heteroatoms. The van der Waals surface area contributed by atoms with E-state index in [0.717, 1.165) is 4.68 Å². The minimum Gasteiger partial charge on any atom is -0.362 e. The van der Waals surface area contributed by atoms with Gasteiger partial charge in [0.2, 0.25) is 5.27 Å². The van der Waals surface area contributed by atoms with Crippen molar-refractivity contribution in [2.24, 2.45) is 0 Å². The summed E-state index contributed by atoms with van der Waals surface area (Å²) in [7, 11) is 0. The topological polar surface area (TPSA) is 73.0 Å². The van der Waals surface area contributed by atoms with Gasteiger partial charge in [-0.05, 0) is 0 Å². The van der Waals surface area contributed by atoms with E-state index in [1.807, 2.05) is 0 Å². The predicted octanol–water partition coefficient (Wildman–Crippen LogP) is -0.796. The van der Waals surface area contributed by atoms with E-state index >= 15 is 0 Å². The van der Waals surface area contributed by atoms with Gasteiger partial charge in [0.15, 0.2) is 0 Å². The molecule has 0 unspecified atom stereocenters. The molecule has 0 aromatic carbocycles. The van der Waals surface area contributed by atoms with E-state index in [4.69, 9.17) is 5.73 Å². The molecule has 0 aliphatic carbocycles. The molecule has 2 N–H and O–H groups in total. The van der Waals surface area contributed by atoms with Crippen LogP contribution in [-0.4, -0.2) is 11.2 Å². The number of rotatable bonds is 0. The zero-order valence-corrected chi connectivity index (χ0v) is 4.87. The van der Waals surface area contributed by atoms with E-state index in [2.05, 4.69) is 9.79 Å². The molecule has 0 fully saturated rings. The SMILES string of the molecule is CC(=O)[n+]1cc(N)on1. The summed E-state index contributed by atoms with van der Waals surface area (Å²) in [5.41, 5.74) is 5.11. The lowest BCUT2D eigenvalue weighted by Crippen LogP contribution is -2.41. The van der Waals surface area contributed by atoms with E-state index in [1.165, 1.54) is 13.1 Å². The molecule has 1 heterocycles. The Morgan fingerprint density at radius 1 is 2.00 bits per heavy atom. The van der Waals surface area contributed by atoms with Crippen molar-refractivity contribution in [1.82, 2.24) is 5.27 Å². The molecular weight excluding hydrogens is 122 g/mol. The molecule has 9 heavy (non-hydrogen) atoms. The maximum Gasteiger partial charge on any atom is 0.416 e. The molecule has 0 radical (unpaired) electrons. The smallest absolute Gasteiger partial charge is 0.362 e. The van der Waals surface area contributed by atoms with Crippen LogP contribution in [0.25, 0.3) is 0 Å². The van der Waals surface area contributed by atoms with Crippen LogP contribution in [0.1, 0.15) is 11.7 Å². The Labute approximate surface area is 51.0 Å². The number of anilines is 1. The minimum atomic E-state index is -0.226. The van der Waals surface area contributed by atoms with Crippen LogP contribution in [0.5, 0.6) is 0 Å². The first-order valence-electron chi connectivity index (χ1n) is 2.35. The average Bonchev–Trinajstić information content (AvgIpc) is 2.14. The first kappa shape index (κ1) is 5.74. The van der Waals surface area contributed by atoms with E-state index in [9.17, 15) is 4.79 Å². The molecule has 0 saturated heterocycles. The van der Waals surface area contributed by atoms with Crippen LogP contribution in [0, 0.1) is 0 Å². The molecule has 0 amide bonds. The van der Waals surface area contributed by atoms with Gasteiger partial charge in [-0.2, -0.15) is 0 Å². The summed E-state index contributed by atoms with van der Waals surface area (Å²) in [6.45, 7) is 1.36. The fraction of sp³-hybridized carbons (Fsp3) is 0.250. The molecular formula is C4H6N3O2+. The van der Waals surface area contributed by atoms with Crippen molar-refractivity contribution < 1.29 is 14.0 Å². The Kier molecular flexibility index (Phi) is 1.18. The number of nitrogen functional groups attached to an aromatic ring is 1. The van der Waals surface area contributed by atoms with Crippen LogP contribution >= 0.6 is 0 Å². The number of carbonyl (C=O) groups is 1. The number of hydrogen-bond donors (Lipinski definition) is 1. The molecule has 0 saturated carbocycles. The van der Waals surface area contributed by atoms with Gasteiger partial charge in [0.05, 0.1) is 6.92 Å². The second-order valence-electron chi connectivity index (χ2n) is 1.57. The van der Waals surface area contributed by atoms with Gasteiger partial charge in [-0.15, -0.1) is 0 Å². The summed E-state index contributed by atoms with van der Waals surface area (Å²) < 4.78 is 5.42. The standard InChI is InChI=1S/C4H6N3O2/c1-3(8)7-2-4(5)9-6-7/h2H,5H2,1H3/q+1. The molecule has 1 rings (SSSR count). The normalized spacial score (nSPS) is 9.44. The Hall–Kier alpha value is -1.39. The molecule has 1 aromatic rings. The fourth-order valence-corrected chi connectivity index (χ4v) is 0.407. The molecule has 5 nitrogen and oxygen atoms in total. The second kappa shape index (κ2) is 1.85. The monoisotopic (exact) mass is 128 g/mol.